The molecule has 7 heteroatoms. The molecule has 2 aromatic carbocycles. The smallest absolute Gasteiger partial charge is 0.317 e. The van der Waals surface area contributed by atoms with Gasteiger partial charge in [0, 0.05) is 26.1 Å². The van der Waals surface area contributed by atoms with Crippen LogP contribution in [0.25, 0.3) is 11.0 Å². The Labute approximate surface area is 175 Å². The zero-order chi connectivity index (χ0) is 20.5. The first-order valence-electron chi connectivity index (χ1n) is 10.5. The summed E-state index contributed by atoms with van der Waals surface area (Å²) < 4.78 is 13.8. The van der Waals surface area contributed by atoms with Gasteiger partial charge >= 0.3 is 6.03 Å². The Balaban J connectivity index is 1.14. The van der Waals surface area contributed by atoms with E-state index in [2.05, 4.69) is 29.1 Å². The van der Waals surface area contributed by atoms with Crippen LogP contribution in [0.3, 0.4) is 0 Å². The lowest BCUT2D eigenvalue weighted by atomic mass is 9.96. The second-order valence-electron chi connectivity index (χ2n) is 7.96. The third-order valence-corrected chi connectivity index (χ3v) is 6.02. The van der Waals surface area contributed by atoms with Crippen LogP contribution in [0.1, 0.15) is 24.6 Å². The van der Waals surface area contributed by atoms with Crippen molar-refractivity contribution in [1.29, 1.82) is 0 Å². The van der Waals surface area contributed by atoms with E-state index in [0.29, 0.717) is 19.1 Å². The van der Waals surface area contributed by atoms with Gasteiger partial charge in [-0.15, -0.1) is 0 Å². The van der Waals surface area contributed by atoms with E-state index >= 15 is 0 Å². The highest BCUT2D eigenvalue weighted by molar-refractivity contribution is 5.76. The Morgan fingerprint density at radius 1 is 1.10 bits per heavy atom. The molecule has 1 fully saturated rings. The maximum absolute atomic E-state index is 12.6. The molecule has 0 aliphatic carbocycles. The standard InChI is InChI=1S/C23H26N4O3/c1-26-19-7-3-2-6-18(19)25-22(26)16-10-12-27(13-11-16)23(28)24-14-17-15-29-20-8-4-5-9-21(20)30-17/h2-9,16-17H,10-15H2,1H3,(H,24,28)/t17-/m0/s1. The van der Waals surface area contributed by atoms with Crippen molar-refractivity contribution in [2.75, 3.05) is 26.2 Å². The van der Waals surface area contributed by atoms with E-state index in [9.17, 15) is 4.79 Å². The Morgan fingerprint density at radius 3 is 2.63 bits per heavy atom. The lowest BCUT2D eigenvalue weighted by Crippen LogP contribution is -2.48. The maximum atomic E-state index is 12.6. The summed E-state index contributed by atoms with van der Waals surface area (Å²) in [6.45, 7) is 2.32. The van der Waals surface area contributed by atoms with E-state index in [1.165, 1.54) is 0 Å². The highest BCUT2D eigenvalue weighted by Crippen LogP contribution is 2.31. The molecule has 0 bridgehead atoms. The number of likely N-dealkylation sites (tertiary alicyclic amines) is 1. The molecule has 156 valence electrons. The number of piperidine rings is 1. The minimum absolute atomic E-state index is 0.0408. The Hall–Kier alpha value is -3.22. The molecule has 7 nitrogen and oxygen atoms in total. The monoisotopic (exact) mass is 406 g/mol. The van der Waals surface area contributed by atoms with E-state index in [0.717, 1.165) is 54.3 Å². The molecule has 1 N–H and O–H groups in total. The zero-order valence-corrected chi connectivity index (χ0v) is 17.1. The van der Waals surface area contributed by atoms with Gasteiger partial charge in [-0.2, -0.15) is 0 Å². The number of rotatable bonds is 3. The fraction of sp³-hybridized carbons (Fsp3) is 0.391. The van der Waals surface area contributed by atoms with E-state index in [1.807, 2.05) is 41.3 Å². The number of ether oxygens (including phenoxy) is 2. The number of para-hydroxylation sites is 4. The quantitative estimate of drug-likeness (QED) is 0.725. The second-order valence-corrected chi connectivity index (χ2v) is 7.96. The van der Waals surface area contributed by atoms with Crippen molar-refractivity contribution in [2.45, 2.75) is 24.9 Å². The fourth-order valence-electron chi connectivity index (χ4n) is 4.35. The van der Waals surface area contributed by atoms with Crippen molar-refractivity contribution < 1.29 is 14.3 Å². The van der Waals surface area contributed by atoms with Crippen LogP contribution in [0.15, 0.2) is 48.5 Å². The summed E-state index contributed by atoms with van der Waals surface area (Å²) in [7, 11) is 2.08. The van der Waals surface area contributed by atoms with Gasteiger partial charge in [0.15, 0.2) is 17.6 Å². The number of nitrogens with zero attached hydrogens (tertiary/aromatic N) is 3. The highest BCUT2D eigenvalue weighted by atomic mass is 16.6. The molecule has 0 saturated carbocycles. The number of hydrogen-bond donors (Lipinski definition) is 1. The number of aryl methyl sites for hydroxylation is 1. The summed E-state index contributed by atoms with van der Waals surface area (Å²) in [5.74, 6) is 2.97. The van der Waals surface area contributed by atoms with Crippen LogP contribution in [0.4, 0.5) is 4.79 Å². The van der Waals surface area contributed by atoms with Crippen molar-refractivity contribution in [3.63, 3.8) is 0 Å². The summed E-state index contributed by atoms with van der Waals surface area (Å²) in [6, 6.07) is 15.8. The largest absolute Gasteiger partial charge is 0.486 e. The third kappa shape index (κ3) is 3.56. The SMILES string of the molecule is Cn1c(C2CCN(C(=O)NC[C@H]3COc4ccccc4O3)CC2)nc2ccccc21. The molecule has 30 heavy (non-hydrogen) atoms. The lowest BCUT2D eigenvalue weighted by molar-refractivity contribution is 0.0895. The molecule has 1 aromatic heterocycles. The first kappa shape index (κ1) is 18.8. The molecule has 2 amide bonds. The summed E-state index contributed by atoms with van der Waals surface area (Å²) in [5, 5.41) is 3.00. The number of carbonyl (C=O) groups excluding carboxylic acids is 1. The minimum atomic E-state index is -0.179. The number of benzene rings is 2. The van der Waals surface area contributed by atoms with Crippen molar-refractivity contribution >= 4 is 17.1 Å². The van der Waals surface area contributed by atoms with Crippen molar-refractivity contribution in [2.24, 2.45) is 7.05 Å². The van der Waals surface area contributed by atoms with Crippen LogP contribution in [-0.4, -0.2) is 52.8 Å². The number of fused-ring (bicyclic) bond motifs is 2. The Bertz CT molecular complexity index is 1060. The van der Waals surface area contributed by atoms with Crippen molar-refractivity contribution in [3.8, 4) is 11.5 Å². The van der Waals surface area contributed by atoms with Gasteiger partial charge in [0.25, 0.3) is 0 Å². The van der Waals surface area contributed by atoms with Crippen LogP contribution in [-0.2, 0) is 7.05 Å². The van der Waals surface area contributed by atoms with Gasteiger partial charge in [0.1, 0.15) is 12.4 Å². The predicted octanol–water partition coefficient (Wildman–Crippen LogP) is 3.30. The fourth-order valence-corrected chi connectivity index (χ4v) is 4.35. The average Bonchev–Trinajstić information content (AvgIpc) is 3.14. The van der Waals surface area contributed by atoms with Crippen molar-refractivity contribution in [3.05, 3.63) is 54.4 Å². The van der Waals surface area contributed by atoms with E-state index in [-0.39, 0.29) is 12.1 Å². The predicted molar refractivity (Wildman–Crippen MR) is 114 cm³/mol. The number of nitrogens with one attached hydrogen (secondary N) is 1. The topological polar surface area (TPSA) is 68.6 Å². The molecule has 5 rings (SSSR count). The summed E-state index contributed by atoms with van der Waals surface area (Å²) in [6.07, 6.45) is 1.66. The third-order valence-electron chi connectivity index (χ3n) is 6.02. The summed E-state index contributed by atoms with van der Waals surface area (Å²) >= 11 is 0. The van der Waals surface area contributed by atoms with Crippen LogP contribution < -0.4 is 14.8 Å². The minimum Gasteiger partial charge on any atom is -0.486 e. The number of carbonyl (C=O) groups is 1. The molecule has 2 aliphatic heterocycles. The zero-order valence-electron chi connectivity index (χ0n) is 17.1. The van der Waals surface area contributed by atoms with Crippen LogP contribution in [0.5, 0.6) is 11.5 Å². The number of hydrogen-bond acceptors (Lipinski definition) is 4. The molecule has 2 aliphatic rings. The first-order valence-corrected chi connectivity index (χ1v) is 10.5. The van der Waals surface area contributed by atoms with Crippen LogP contribution >= 0.6 is 0 Å². The molecule has 3 aromatic rings. The van der Waals surface area contributed by atoms with Gasteiger partial charge in [0.05, 0.1) is 17.6 Å². The van der Waals surface area contributed by atoms with Gasteiger partial charge in [0.2, 0.25) is 0 Å². The lowest BCUT2D eigenvalue weighted by Gasteiger charge is -2.32. The molecule has 0 spiro atoms. The number of amides is 2. The van der Waals surface area contributed by atoms with Gasteiger partial charge in [-0.25, -0.2) is 9.78 Å². The van der Waals surface area contributed by atoms with Crippen molar-refractivity contribution in [1.82, 2.24) is 19.8 Å². The van der Waals surface area contributed by atoms with E-state index in [1.54, 1.807) is 0 Å². The first-order chi connectivity index (χ1) is 14.7. The van der Waals surface area contributed by atoms with E-state index in [4.69, 9.17) is 14.5 Å². The molecular formula is C23H26N4O3. The maximum Gasteiger partial charge on any atom is 0.317 e. The normalized spacial score (nSPS) is 19.1. The average molecular weight is 406 g/mol. The highest BCUT2D eigenvalue weighted by Gasteiger charge is 2.28. The molecular weight excluding hydrogens is 380 g/mol. The number of aromatic nitrogens is 2. The molecule has 3 heterocycles. The number of imidazole rings is 1. The number of urea groups is 1. The molecule has 1 atom stereocenters. The Kier molecular flexibility index (Phi) is 4.94. The second kappa shape index (κ2) is 7.89. The molecule has 0 radical (unpaired) electrons. The summed E-state index contributed by atoms with van der Waals surface area (Å²) in [4.78, 5) is 19.4. The molecule has 0 unspecified atom stereocenters. The van der Waals surface area contributed by atoms with Crippen LogP contribution in [0.2, 0.25) is 0 Å². The van der Waals surface area contributed by atoms with Crippen LogP contribution in [0, 0.1) is 0 Å². The molecule has 1 saturated heterocycles. The van der Waals surface area contributed by atoms with Gasteiger partial charge in [-0.05, 0) is 37.1 Å². The Morgan fingerprint density at radius 2 is 1.83 bits per heavy atom. The van der Waals surface area contributed by atoms with Gasteiger partial charge < -0.3 is 24.3 Å². The van der Waals surface area contributed by atoms with Gasteiger partial charge in [-0.1, -0.05) is 24.3 Å². The van der Waals surface area contributed by atoms with Gasteiger partial charge in [-0.3, -0.25) is 0 Å². The van der Waals surface area contributed by atoms with E-state index < -0.39 is 0 Å². The summed E-state index contributed by atoms with van der Waals surface area (Å²) in [5.41, 5.74) is 2.19.